The lowest BCUT2D eigenvalue weighted by Crippen LogP contribution is -2.48. The first-order valence-electron chi connectivity index (χ1n) is 14.9. The van der Waals surface area contributed by atoms with E-state index in [1.165, 1.54) is 4.31 Å². The SMILES string of the molecule is CCCCOc1ccc(S(=O)(=O)N2CCN(CC)CC2)cc1-c1nc2nc(Cc3ccccc3)n(CCC)c2c(=O)[nH]1. The van der Waals surface area contributed by atoms with Gasteiger partial charge in [0.25, 0.3) is 5.56 Å². The summed E-state index contributed by atoms with van der Waals surface area (Å²) >= 11 is 0. The number of ether oxygens (including phenoxy) is 1. The van der Waals surface area contributed by atoms with Crippen LogP contribution in [-0.2, 0) is 23.0 Å². The van der Waals surface area contributed by atoms with Crippen LogP contribution in [0.1, 0.15) is 51.4 Å². The molecular weight excluding hydrogens is 552 g/mol. The van der Waals surface area contributed by atoms with E-state index in [2.05, 4.69) is 30.7 Å². The Hall–Kier alpha value is -3.54. The number of H-pyrrole nitrogens is 1. The van der Waals surface area contributed by atoms with Gasteiger partial charge < -0.3 is 19.2 Å². The van der Waals surface area contributed by atoms with Gasteiger partial charge in [0, 0.05) is 39.1 Å². The highest BCUT2D eigenvalue weighted by molar-refractivity contribution is 7.89. The average molecular weight is 593 g/mol. The van der Waals surface area contributed by atoms with Crippen LogP contribution < -0.4 is 10.3 Å². The van der Waals surface area contributed by atoms with Gasteiger partial charge in [-0.2, -0.15) is 4.31 Å². The maximum absolute atomic E-state index is 13.7. The third kappa shape index (κ3) is 6.28. The van der Waals surface area contributed by atoms with E-state index in [0.29, 0.717) is 68.2 Å². The van der Waals surface area contributed by atoms with Gasteiger partial charge in [-0.15, -0.1) is 0 Å². The Morgan fingerprint density at radius 2 is 1.71 bits per heavy atom. The first kappa shape index (κ1) is 29.9. The number of likely N-dealkylation sites (N-methyl/N-ethyl adjacent to an activating group) is 1. The van der Waals surface area contributed by atoms with Crippen molar-refractivity contribution in [3.63, 3.8) is 0 Å². The summed E-state index contributed by atoms with van der Waals surface area (Å²) in [6, 6.07) is 14.8. The molecule has 0 amide bonds. The zero-order chi connectivity index (χ0) is 29.7. The van der Waals surface area contributed by atoms with Gasteiger partial charge >= 0.3 is 0 Å². The first-order chi connectivity index (χ1) is 20.3. The zero-order valence-electron chi connectivity index (χ0n) is 24.7. The Bertz CT molecular complexity index is 1680. The molecule has 4 aromatic rings. The molecule has 1 N–H and O–H groups in total. The monoisotopic (exact) mass is 592 g/mol. The van der Waals surface area contributed by atoms with Crippen LogP contribution in [0.15, 0.2) is 58.2 Å². The number of aryl methyl sites for hydroxylation is 1. The van der Waals surface area contributed by atoms with Crippen LogP contribution in [0.3, 0.4) is 0 Å². The van der Waals surface area contributed by atoms with E-state index in [0.717, 1.165) is 37.2 Å². The summed E-state index contributed by atoms with van der Waals surface area (Å²) in [7, 11) is -3.75. The Labute approximate surface area is 247 Å². The number of fused-ring (bicyclic) bond motifs is 1. The molecule has 0 aliphatic carbocycles. The van der Waals surface area contributed by atoms with E-state index >= 15 is 0 Å². The second kappa shape index (κ2) is 13.2. The lowest BCUT2D eigenvalue weighted by Gasteiger charge is -2.33. The summed E-state index contributed by atoms with van der Waals surface area (Å²) < 4.78 is 36.9. The number of nitrogens with zero attached hydrogens (tertiary/aromatic N) is 5. The highest BCUT2D eigenvalue weighted by Crippen LogP contribution is 2.32. The van der Waals surface area contributed by atoms with Crippen molar-refractivity contribution < 1.29 is 13.2 Å². The van der Waals surface area contributed by atoms with Crippen LogP contribution in [0.4, 0.5) is 0 Å². The Morgan fingerprint density at radius 1 is 0.952 bits per heavy atom. The fourth-order valence-corrected chi connectivity index (χ4v) is 6.78. The summed E-state index contributed by atoms with van der Waals surface area (Å²) in [5, 5.41) is 0. The van der Waals surface area contributed by atoms with E-state index in [1.54, 1.807) is 18.2 Å². The number of benzene rings is 2. The standard InChI is InChI=1S/C31H40N6O4S/c1-4-7-20-41-26-14-13-24(42(39,40)36-18-16-35(6-3)17-19-36)22-25(26)29-33-30-28(31(38)34-29)37(15-5-2)27(32-30)21-23-11-9-8-10-12-23/h8-14,22H,4-7,15-21H2,1-3H3,(H,33,34,38). The summed E-state index contributed by atoms with van der Waals surface area (Å²) in [5.74, 6) is 1.47. The van der Waals surface area contributed by atoms with E-state index in [1.807, 2.05) is 34.9 Å². The number of hydrogen-bond acceptors (Lipinski definition) is 7. The highest BCUT2D eigenvalue weighted by atomic mass is 32.2. The van der Waals surface area contributed by atoms with Crippen LogP contribution >= 0.6 is 0 Å². The molecule has 1 aliphatic rings. The van der Waals surface area contributed by atoms with Crippen LogP contribution in [0.25, 0.3) is 22.6 Å². The molecular formula is C31H40N6O4S. The predicted molar refractivity (Wildman–Crippen MR) is 164 cm³/mol. The molecule has 3 heterocycles. The van der Waals surface area contributed by atoms with Gasteiger partial charge in [0.15, 0.2) is 11.2 Å². The fraction of sp³-hybridized carbons (Fsp3) is 0.452. The summed E-state index contributed by atoms with van der Waals surface area (Å²) in [4.78, 5) is 28.4. The Balaban J connectivity index is 1.58. The molecule has 0 bridgehead atoms. The number of imidazole rings is 1. The largest absolute Gasteiger partial charge is 0.493 e. The minimum absolute atomic E-state index is 0.148. The molecule has 5 rings (SSSR count). The van der Waals surface area contributed by atoms with Gasteiger partial charge in [-0.25, -0.2) is 18.4 Å². The van der Waals surface area contributed by atoms with Gasteiger partial charge in [-0.1, -0.05) is 57.5 Å². The number of sulfonamides is 1. The summed E-state index contributed by atoms with van der Waals surface area (Å²) in [6.45, 7) is 10.4. The molecule has 224 valence electrons. The molecule has 1 aliphatic heterocycles. The van der Waals surface area contributed by atoms with Crippen molar-refractivity contribution in [2.75, 3.05) is 39.3 Å². The van der Waals surface area contributed by atoms with Crippen molar-refractivity contribution in [3.8, 4) is 17.1 Å². The minimum Gasteiger partial charge on any atom is -0.493 e. The number of aromatic nitrogens is 4. The predicted octanol–water partition coefficient (Wildman–Crippen LogP) is 4.29. The number of hydrogen-bond donors (Lipinski definition) is 1. The fourth-order valence-electron chi connectivity index (χ4n) is 5.34. The van der Waals surface area contributed by atoms with Crippen LogP contribution in [0, 0.1) is 0 Å². The normalized spacial score (nSPS) is 14.9. The van der Waals surface area contributed by atoms with E-state index in [-0.39, 0.29) is 16.3 Å². The Morgan fingerprint density at radius 3 is 2.40 bits per heavy atom. The van der Waals surface area contributed by atoms with Crippen molar-refractivity contribution in [2.45, 2.75) is 57.9 Å². The van der Waals surface area contributed by atoms with Gasteiger partial charge in [0.05, 0.1) is 17.1 Å². The van der Waals surface area contributed by atoms with Crippen LogP contribution in [0.2, 0.25) is 0 Å². The third-order valence-electron chi connectivity index (χ3n) is 7.72. The molecule has 0 spiro atoms. The molecule has 0 saturated carbocycles. The van der Waals surface area contributed by atoms with Gasteiger partial charge in [-0.05, 0) is 43.1 Å². The number of unbranched alkanes of at least 4 members (excludes halogenated alkanes) is 1. The van der Waals surface area contributed by atoms with Gasteiger partial charge in [-0.3, -0.25) is 4.79 Å². The highest BCUT2D eigenvalue weighted by Gasteiger charge is 2.29. The maximum Gasteiger partial charge on any atom is 0.277 e. The van der Waals surface area contributed by atoms with E-state index < -0.39 is 10.0 Å². The molecule has 2 aromatic carbocycles. The topological polar surface area (TPSA) is 113 Å². The minimum atomic E-state index is -3.75. The maximum atomic E-state index is 13.7. The van der Waals surface area contributed by atoms with E-state index in [4.69, 9.17) is 14.7 Å². The number of piperazine rings is 1. The van der Waals surface area contributed by atoms with Gasteiger partial charge in [0.1, 0.15) is 17.4 Å². The molecule has 1 fully saturated rings. The quantitative estimate of drug-likeness (QED) is 0.244. The summed E-state index contributed by atoms with van der Waals surface area (Å²) in [6.07, 6.45) is 3.19. The lowest BCUT2D eigenvalue weighted by atomic mass is 10.1. The first-order valence-corrected chi connectivity index (χ1v) is 16.3. The van der Waals surface area contributed by atoms with Crippen molar-refractivity contribution in [3.05, 3.63) is 70.3 Å². The van der Waals surface area contributed by atoms with Crippen LogP contribution in [0.5, 0.6) is 5.75 Å². The number of aromatic amines is 1. The molecule has 0 radical (unpaired) electrons. The second-order valence-corrected chi connectivity index (χ2v) is 12.6. The molecule has 10 nitrogen and oxygen atoms in total. The van der Waals surface area contributed by atoms with Gasteiger partial charge in [0.2, 0.25) is 10.0 Å². The lowest BCUT2D eigenvalue weighted by molar-refractivity contribution is 0.196. The smallest absolute Gasteiger partial charge is 0.277 e. The molecule has 0 unspecified atom stereocenters. The molecule has 2 aromatic heterocycles. The molecule has 42 heavy (non-hydrogen) atoms. The molecule has 0 atom stereocenters. The van der Waals surface area contributed by atoms with Crippen molar-refractivity contribution >= 4 is 21.2 Å². The number of rotatable bonds is 12. The summed E-state index contributed by atoms with van der Waals surface area (Å²) in [5.41, 5.74) is 1.94. The van der Waals surface area contributed by atoms with Crippen LogP contribution in [-0.4, -0.2) is 76.5 Å². The third-order valence-corrected chi connectivity index (χ3v) is 9.62. The second-order valence-electron chi connectivity index (χ2n) is 10.6. The van der Waals surface area contributed by atoms with Crippen molar-refractivity contribution in [2.24, 2.45) is 0 Å². The number of nitrogens with one attached hydrogen (secondary N) is 1. The van der Waals surface area contributed by atoms with Crippen molar-refractivity contribution in [1.29, 1.82) is 0 Å². The average Bonchev–Trinajstić information content (AvgIpc) is 3.35. The van der Waals surface area contributed by atoms with Crippen molar-refractivity contribution in [1.82, 2.24) is 28.7 Å². The molecule has 1 saturated heterocycles. The Kier molecular flexibility index (Phi) is 9.40. The zero-order valence-corrected chi connectivity index (χ0v) is 25.5. The molecule has 11 heteroatoms. The van der Waals surface area contributed by atoms with E-state index in [9.17, 15) is 13.2 Å².